The Morgan fingerprint density at radius 3 is 2.57 bits per heavy atom. The highest BCUT2D eigenvalue weighted by Crippen LogP contribution is 2.32. The second-order valence-corrected chi connectivity index (χ2v) is 8.32. The molecule has 0 aliphatic rings. The highest BCUT2D eigenvalue weighted by Gasteiger charge is 2.30. The molecule has 30 heavy (non-hydrogen) atoms. The summed E-state index contributed by atoms with van der Waals surface area (Å²) in [6.45, 7) is 7.36. The van der Waals surface area contributed by atoms with Gasteiger partial charge in [0.2, 0.25) is 0 Å². The topological polar surface area (TPSA) is 88.5 Å². The van der Waals surface area contributed by atoms with E-state index in [1.165, 1.54) is 11.6 Å². The van der Waals surface area contributed by atoms with Crippen molar-refractivity contribution in [3.05, 3.63) is 65.5 Å². The van der Waals surface area contributed by atoms with E-state index in [1.807, 2.05) is 31.2 Å². The van der Waals surface area contributed by atoms with E-state index in [4.69, 9.17) is 4.74 Å². The van der Waals surface area contributed by atoms with Crippen molar-refractivity contribution < 1.29 is 19.4 Å². The smallest absolute Gasteiger partial charge is 0.313 e. The Morgan fingerprint density at radius 2 is 1.97 bits per heavy atom. The number of ether oxygens (including phenoxy) is 1. The van der Waals surface area contributed by atoms with Crippen molar-refractivity contribution in [2.75, 3.05) is 13.2 Å². The van der Waals surface area contributed by atoms with E-state index < -0.39 is 17.3 Å². The van der Waals surface area contributed by atoms with Crippen LogP contribution in [0.2, 0.25) is 0 Å². The van der Waals surface area contributed by atoms with Crippen LogP contribution in [0.25, 0.3) is 4.91 Å². The van der Waals surface area contributed by atoms with E-state index in [9.17, 15) is 14.7 Å². The molecule has 2 N–H and O–H groups in total. The number of aromatic nitrogens is 1. The molecule has 1 aromatic heterocycles. The van der Waals surface area contributed by atoms with Crippen LogP contribution < -0.4 is 5.32 Å². The summed E-state index contributed by atoms with van der Waals surface area (Å²) in [6.07, 6.45) is 3.52. The Balaban J connectivity index is 2.04. The molecule has 0 atom stereocenters. The Kier molecular flexibility index (Phi) is 8.47. The van der Waals surface area contributed by atoms with Gasteiger partial charge in [0, 0.05) is 29.0 Å². The molecular formula is C23H28N2O4S. The molecule has 6 nitrogen and oxygen atoms in total. The van der Waals surface area contributed by atoms with E-state index in [1.54, 1.807) is 38.7 Å². The molecule has 0 unspecified atom stereocenters. The standard InChI is InChI=1S/C23H28N2O4S/c1-5-19(30-14-16-10-8-7-9-11-16)17-12-18(26)20(24-13-17)21(27)25-15-23(3,4)22(28)29-6-2/h5,7-13,26H,6,14-15H2,1-4H3,(H,25,27)/b19-5-. The lowest BCUT2D eigenvalue weighted by molar-refractivity contribution is -0.153. The van der Waals surface area contributed by atoms with Gasteiger partial charge in [-0.2, -0.15) is 0 Å². The Labute approximate surface area is 181 Å². The molecule has 160 valence electrons. The highest BCUT2D eigenvalue weighted by molar-refractivity contribution is 8.07. The molecule has 0 fully saturated rings. The number of hydrogen-bond acceptors (Lipinski definition) is 6. The molecule has 0 aliphatic heterocycles. The molecule has 0 aliphatic carbocycles. The summed E-state index contributed by atoms with van der Waals surface area (Å²) in [5.41, 5.74) is 0.966. The molecule has 0 saturated heterocycles. The Morgan fingerprint density at radius 1 is 1.27 bits per heavy atom. The van der Waals surface area contributed by atoms with E-state index >= 15 is 0 Å². The second kappa shape index (κ2) is 10.8. The minimum atomic E-state index is -0.882. The lowest BCUT2D eigenvalue weighted by Gasteiger charge is -2.22. The SMILES string of the molecule is C/C=C(\SCc1ccccc1)c1cnc(C(=O)NCC(C)(C)C(=O)OCC)c(O)c1. The monoisotopic (exact) mass is 428 g/mol. The Bertz CT molecular complexity index is 911. The fourth-order valence-corrected chi connectivity index (χ4v) is 3.57. The van der Waals surface area contributed by atoms with Crippen LogP contribution in [0, 0.1) is 5.41 Å². The van der Waals surface area contributed by atoms with Crippen molar-refractivity contribution >= 4 is 28.5 Å². The van der Waals surface area contributed by atoms with Crippen molar-refractivity contribution in [2.45, 2.75) is 33.4 Å². The maximum atomic E-state index is 12.4. The van der Waals surface area contributed by atoms with Crippen LogP contribution in [0.3, 0.4) is 0 Å². The van der Waals surface area contributed by atoms with Crippen molar-refractivity contribution in [3.8, 4) is 5.75 Å². The van der Waals surface area contributed by atoms with Crippen LogP contribution in [-0.2, 0) is 15.3 Å². The van der Waals surface area contributed by atoms with Gasteiger partial charge in [-0.1, -0.05) is 36.4 Å². The lowest BCUT2D eigenvalue weighted by Crippen LogP contribution is -2.40. The van der Waals surface area contributed by atoms with Gasteiger partial charge in [-0.05, 0) is 39.3 Å². The fraction of sp³-hybridized carbons (Fsp3) is 0.348. The van der Waals surface area contributed by atoms with Gasteiger partial charge < -0.3 is 15.2 Å². The van der Waals surface area contributed by atoms with Gasteiger partial charge in [0.25, 0.3) is 5.91 Å². The zero-order valence-electron chi connectivity index (χ0n) is 17.8. The molecule has 0 spiro atoms. The van der Waals surface area contributed by atoms with Gasteiger partial charge in [0.1, 0.15) is 5.75 Å². The van der Waals surface area contributed by atoms with Crippen LogP contribution >= 0.6 is 11.8 Å². The first-order valence-electron chi connectivity index (χ1n) is 9.76. The zero-order chi connectivity index (χ0) is 22.1. The molecule has 1 aromatic carbocycles. The van der Waals surface area contributed by atoms with Crippen LogP contribution in [0.4, 0.5) is 0 Å². The number of aromatic hydroxyl groups is 1. The van der Waals surface area contributed by atoms with Crippen molar-refractivity contribution in [2.24, 2.45) is 5.41 Å². The van der Waals surface area contributed by atoms with E-state index in [0.29, 0.717) is 0 Å². The molecule has 2 aromatic rings. The van der Waals surface area contributed by atoms with Gasteiger partial charge >= 0.3 is 5.97 Å². The number of nitrogens with one attached hydrogen (secondary N) is 1. The molecule has 0 bridgehead atoms. The van der Waals surface area contributed by atoms with Crippen LogP contribution in [-0.4, -0.2) is 35.1 Å². The largest absolute Gasteiger partial charge is 0.505 e. The third-order valence-electron chi connectivity index (χ3n) is 4.39. The predicted molar refractivity (Wildman–Crippen MR) is 120 cm³/mol. The molecule has 0 radical (unpaired) electrons. The average molecular weight is 429 g/mol. The first kappa shape index (κ1) is 23.5. The predicted octanol–water partition coefficient (Wildman–Crippen LogP) is 4.40. The van der Waals surface area contributed by atoms with Gasteiger partial charge in [-0.3, -0.25) is 9.59 Å². The minimum Gasteiger partial charge on any atom is -0.505 e. The number of hydrogen-bond donors (Lipinski definition) is 2. The first-order valence-corrected chi connectivity index (χ1v) is 10.7. The number of benzene rings is 1. The normalized spacial score (nSPS) is 11.8. The fourth-order valence-electron chi connectivity index (χ4n) is 2.62. The second-order valence-electron chi connectivity index (χ2n) is 7.31. The van der Waals surface area contributed by atoms with Crippen LogP contribution in [0.1, 0.15) is 49.3 Å². The number of pyridine rings is 1. The number of nitrogens with zero attached hydrogens (tertiary/aromatic N) is 1. The molecule has 7 heteroatoms. The average Bonchev–Trinajstić information content (AvgIpc) is 2.73. The number of carbonyl (C=O) groups excluding carboxylic acids is 2. The summed E-state index contributed by atoms with van der Waals surface area (Å²) in [6, 6.07) is 11.6. The van der Waals surface area contributed by atoms with Gasteiger partial charge in [0.15, 0.2) is 5.69 Å². The number of allylic oxidation sites excluding steroid dienone is 1. The van der Waals surface area contributed by atoms with E-state index in [0.717, 1.165) is 16.2 Å². The molecular weight excluding hydrogens is 400 g/mol. The molecule has 1 amide bonds. The maximum Gasteiger partial charge on any atom is 0.313 e. The van der Waals surface area contributed by atoms with Crippen molar-refractivity contribution in [1.29, 1.82) is 0 Å². The maximum absolute atomic E-state index is 12.4. The molecule has 2 rings (SSSR count). The first-order chi connectivity index (χ1) is 14.3. The van der Waals surface area contributed by atoms with E-state index in [2.05, 4.69) is 22.4 Å². The van der Waals surface area contributed by atoms with Gasteiger partial charge in [-0.15, -0.1) is 11.8 Å². The minimum absolute atomic E-state index is 0.0700. The number of esters is 1. The van der Waals surface area contributed by atoms with Crippen molar-refractivity contribution in [1.82, 2.24) is 10.3 Å². The Hall–Kier alpha value is -2.80. The number of carbonyl (C=O) groups is 2. The van der Waals surface area contributed by atoms with Gasteiger partial charge in [-0.25, -0.2) is 4.98 Å². The summed E-state index contributed by atoms with van der Waals surface area (Å²) < 4.78 is 5.01. The molecule has 0 saturated carbocycles. The summed E-state index contributed by atoms with van der Waals surface area (Å²) in [7, 11) is 0. The zero-order valence-corrected chi connectivity index (χ0v) is 18.6. The summed E-state index contributed by atoms with van der Waals surface area (Å²) in [5, 5.41) is 13.0. The number of thioether (sulfide) groups is 1. The van der Waals surface area contributed by atoms with Gasteiger partial charge in [0.05, 0.1) is 12.0 Å². The van der Waals surface area contributed by atoms with Crippen LogP contribution in [0.5, 0.6) is 5.75 Å². The number of amides is 1. The highest BCUT2D eigenvalue weighted by atomic mass is 32.2. The lowest BCUT2D eigenvalue weighted by atomic mass is 9.93. The summed E-state index contributed by atoms with van der Waals surface area (Å²) >= 11 is 1.63. The van der Waals surface area contributed by atoms with Crippen LogP contribution in [0.15, 0.2) is 48.7 Å². The quantitative estimate of drug-likeness (QED) is 0.576. The third kappa shape index (κ3) is 6.35. The molecule has 1 heterocycles. The van der Waals surface area contributed by atoms with E-state index in [-0.39, 0.29) is 24.6 Å². The third-order valence-corrected chi connectivity index (χ3v) is 5.65. The van der Waals surface area contributed by atoms with Crippen molar-refractivity contribution in [3.63, 3.8) is 0 Å². The number of rotatable bonds is 9. The summed E-state index contributed by atoms with van der Waals surface area (Å²) in [4.78, 5) is 29.5. The summed E-state index contributed by atoms with van der Waals surface area (Å²) in [5.74, 6) is -0.369.